The van der Waals surface area contributed by atoms with Gasteiger partial charge in [-0.25, -0.2) is 4.98 Å². The van der Waals surface area contributed by atoms with Gasteiger partial charge in [-0.3, -0.25) is 14.2 Å². The third-order valence-electron chi connectivity index (χ3n) is 5.20. The van der Waals surface area contributed by atoms with Crippen LogP contribution >= 0.6 is 11.8 Å². The Kier molecular flexibility index (Phi) is 6.61. The molecule has 2 aromatic carbocycles. The minimum absolute atomic E-state index is 0.106. The number of fused-ring (bicyclic) bond motifs is 1. The number of benzene rings is 2. The summed E-state index contributed by atoms with van der Waals surface area (Å²) in [5.41, 5.74) is 4.09. The summed E-state index contributed by atoms with van der Waals surface area (Å²) in [6.45, 7) is 2.52. The van der Waals surface area contributed by atoms with Crippen LogP contribution in [-0.2, 0) is 18.4 Å². The predicted octanol–water partition coefficient (Wildman–Crippen LogP) is 4.41. The van der Waals surface area contributed by atoms with Crippen molar-refractivity contribution in [3.63, 3.8) is 0 Å². The number of nitrogens with one attached hydrogen (secondary N) is 1. The lowest BCUT2D eigenvalue weighted by molar-refractivity contribution is -0.113. The number of rotatable bonds is 7. The van der Waals surface area contributed by atoms with Crippen molar-refractivity contribution in [2.45, 2.75) is 25.0 Å². The summed E-state index contributed by atoms with van der Waals surface area (Å²) in [6.07, 6.45) is 2.70. The second-order valence-corrected chi connectivity index (χ2v) is 8.54. The number of aromatic nitrogens is 3. The zero-order valence-electron chi connectivity index (χ0n) is 18.4. The molecule has 4 rings (SSSR count). The molecule has 0 unspecified atom stereocenters. The molecule has 166 valence electrons. The van der Waals surface area contributed by atoms with E-state index in [0.29, 0.717) is 34.0 Å². The van der Waals surface area contributed by atoms with Crippen molar-refractivity contribution in [2.24, 2.45) is 7.05 Å². The maximum atomic E-state index is 13.4. The Labute approximate surface area is 195 Å². The number of nitriles is 1. The van der Waals surface area contributed by atoms with Gasteiger partial charge in [0.1, 0.15) is 11.0 Å². The van der Waals surface area contributed by atoms with Gasteiger partial charge in [-0.1, -0.05) is 49.0 Å². The maximum absolute atomic E-state index is 13.4. The summed E-state index contributed by atoms with van der Waals surface area (Å²) in [4.78, 5) is 30.7. The summed E-state index contributed by atoms with van der Waals surface area (Å²) >= 11 is 1.24. The molecule has 0 fully saturated rings. The minimum atomic E-state index is -0.210. The first-order valence-corrected chi connectivity index (χ1v) is 11.6. The molecule has 0 radical (unpaired) electrons. The van der Waals surface area contributed by atoms with Crippen LogP contribution in [-0.4, -0.2) is 25.8 Å². The standard InChI is InChI=1S/C25H23N5O2S/c1-3-13-30-24(32)23-22(20(15-29(23)2)18-7-5-4-6-8-18)28-25(30)33-16-21(31)27-19-11-9-17(14-26)10-12-19/h4-12,15H,3,13,16H2,1-2H3,(H,27,31). The normalized spacial score (nSPS) is 10.8. The van der Waals surface area contributed by atoms with E-state index in [2.05, 4.69) is 11.4 Å². The van der Waals surface area contributed by atoms with Gasteiger partial charge in [0.05, 0.1) is 17.4 Å². The fourth-order valence-corrected chi connectivity index (χ4v) is 4.48. The van der Waals surface area contributed by atoms with Crippen LogP contribution in [0.25, 0.3) is 22.2 Å². The largest absolute Gasteiger partial charge is 0.344 e. The number of carbonyl (C=O) groups excluding carboxylic acids is 1. The van der Waals surface area contributed by atoms with E-state index in [1.807, 2.05) is 55.1 Å². The summed E-state index contributed by atoms with van der Waals surface area (Å²) in [7, 11) is 1.85. The number of hydrogen-bond donors (Lipinski definition) is 1. The first-order chi connectivity index (χ1) is 16.0. The third kappa shape index (κ3) is 4.69. The summed E-state index contributed by atoms with van der Waals surface area (Å²) < 4.78 is 3.47. The van der Waals surface area contributed by atoms with Crippen LogP contribution < -0.4 is 10.9 Å². The van der Waals surface area contributed by atoms with Crippen LogP contribution in [0, 0.1) is 11.3 Å². The topological polar surface area (TPSA) is 92.7 Å². The number of aryl methyl sites for hydroxylation is 1. The first kappa shape index (κ1) is 22.4. The number of hydrogen-bond acceptors (Lipinski definition) is 5. The van der Waals surface area contributed by atoms with Gasteiger partial charge in [0.25, 0.3) is 5.56 Å². The molecule has 2 heterocycles. The summed E-state index contributed by atoms with van der Waals surface area (Å²) in [5, 5.41) is 12.2. The second kappa shape index (κ2) is 9.76. The highest BCUT2D eigenvalue weighted by atomic mass is 32.2. The highest BCUT2D eigenvalue weighted by molar-refractivity contribution is 7.99. The van der Waals surface area contributed by atoms with Gasteiger partial charge in [-0.2, -0.15) is 5.26 Å². The van der Waals surface area contributed by atoms with Gasteiger partial charge in [0.15, 0.2) is 5.16 Å². The highest BCUT2D eigenvalue weighted by Gasteiger charge is 2.19. The average Bonchev–Trinajstić information content (AvgIpc) is 3.17. The molecule has 1 amide bonds. The summed E-state index contributed by atoms with van der Waals surface area (Å²) in [5.74, 6) is -0.103. The zero-order valence-corrected chi connectivity index (χ0v) is 19.2. The molecule has 0 aliphatic rings. The Morgan fingerprint density at radius 1 is 1.15 bits per heavy atom. The molecule has 0 aliphatic carbocycles. The Morgan fingerprint density at radius 2 is 1.88 bits per heavy atom. The fourth-order valence-electron chi connectivity index (χ4n) is 3.67. The lowest BCUT2D eigenvalue weighted by atomic mass is 10.1. The number of anilines is 1. The lowest BCUT2D eigenvalue weighted by Crippen LogP contribution is -2.25. The van der Waals surface area contributed by atoms with Gasteiger partial charge >= 0.3 is 0 Å². The van der Waals surface area contributed by atoms with Gasteiger partial charge in [-0.15, -0.1) is 0 Å². The van der Waals surface area contributed by atoms with Crippen molar-refractivity contribution in [1.29, 1.82) is 5.26 Å². The quantitative estimate of drug-likeness (QED) is 0.328. The van der Waals surface area contributed by atoms with Crippen LogP contribution in [0.4, 0.5) is 5.69 Å². The molecule has 1 N–H and O–H groups in total. The van der Waals surface area contributed by atoms with E-state index < -0.39 is 0 Å². The second-order valence-electron chi connectivity index (χ2n) is 7.59. The van der Waals surface area contributed by atoms with Crippen molar-refractivity contribution in [2.75, 3.05) is 11.1 Å². The molecule has 0 bridgehead atoms. The van der Waals surface area contributed by atoms with Crippen LogP contribution in [0.5, 0.6) is 0 Å². The Balaban J connectivity index is 1.65. The molecule has 8 heteroatoms. The molecule has 2 aromatic heterocycles. The molecule has 7 nitrogen and oxygen atoms in total. The molecule has 0 spiro atoms. The van der Waals surface area contributed by atoms with E-state index in [1.165, 1.54) is 11.8 Å². The van der Waals surface area contributed by atoms with Crippen LogP contribution in [0.3, 0.4) is 0 Å². The Bertz CT molecular complexity index is 1400. The van der Waals surface area contributed by atoms with Crippen molar-refractivity contribution < 1.29 is 4.79 Å². The number of nitrogens with zero attached hydrogens (tertiary/aromatic N) is 4. The highest BCUT2D eigenvalue weighted by Crippen LogP contribution is 2.29. The average molecular weight is 458 g/mol. The van der Waals surface area contributed by atoms with Crippen molar-refractivity contribution in [3.8, 4) is 17.2 Å². The van der Waals surface area contributed by atoms with Gasteiger partial charge in [0, 0.05) is 31.0 Å². The van der Waals surface area contributed by atoms with Gasteiger partial charge < -0.3 is 9.88 Å². The molecule has 0 aliphatic heterocycles. The predicted molar refractivity (Wildman–Crippen MR) is 131 cm³/mol. The Hall–Kier alpha value is -3.83. The molecular weight excluding hydrogens is 434 g/mol. The van der Waals surface area contributed by atoms with Crippen molar-refractivity contribution >= 4 is 34.4 Å². The van der Waals surface area contributed by atoms with Gasteiger partial charge in [0.2, 0.25) is 5.91 Å². The number of carbonyl (C=O) groups is 1. The van der Waals surface area contributed by atoms with Crippen LogP contribution in [0.15, 0.2) is 70.7 Å². The maximum Gasteiger partial charge on any atom is 0.278 e. The summed E-state index contributed by atoms with van der Waals surface area (Å²) in [6, 6.07) is 18.6. The molecule has 0 saturated carbocycles. The van der Waals surface area contributed by atoms with E-state index in [4.69, 9.17) is 10.2 Å². The minimum Gasteiger partial charge on any atom is -0.344 e. The van der Waals surface area contributed by atoms with Crippen LogP contribution in [0.1, 0.15) is 18.9 Å². The number of amides is 1. The van der Waals surface area contributed by atoms with Gasteiger partial charge in [-0.05, 0) is 36.2 Å². The monoisotopic (exact) mass is 457 g/mol. The molecule has 4 aromatic rings. The fraction of sp³-hybridized carbons (Fsp3) is 0.200. The van der Waals surface area contributed by atoms with E-state index in [9.17, 15) is 9.59 Å². The zero-order chi connectivity index (χ0) is 23.4. The smallest absolute Gasteiger partial charge is 0.278 e. The third-order valence-corrected chi connectivity index (χ3v) is 6.18. The molecule has 33 heavy (non-hydrogen) atoms. The SMILES string of the molecule is CCCn1c(SCC(=O)Nc2ccc(C#N)cc2)nc2c(-c3ccccc3)cn(C)c2c1=O. The van der Waals surface area contributed by atoms with E-state index >= 15 is 0 Å². The lowest BCUT2D eigenvalue weighted by Gasteiger charge is -2.12. The molecule has 0 saturated heterocycles. The first-order valence-electron chi connectivity index (χ1n) is 10.6. The molecule has 0 atom stereocenters. The van der Waals surface area contributed by atoms with Crippen molar-refractivity contribution in [1.82, 2.24) is 14.1 Å². The van der Waals surface area contributed by atoms with E-state index in [0.717, 1.165) is 17.5 Å². The van der Waals surface area contributed by atoms with Crippen molar-refractivity contribution in [3.05, 3.63) is 76.7 Å². The molecular formula is C25H23N5O2S. The van der Waals surface area contributed by atoms with E-state index in [-0.39, 0.29) is 17.2 Å². The Morgan fingerprint density at radius 3 is 2.55 bits per heavy atom. The van der Waals surface area contributed by atoms with E-state index in [1.54, 1.807) is 28.8 Å². The van der Waals surface area contributed by atoms with Crippen LogP contribution in [0.2, 0.25) is 0 Å². The number of thioether (sulfide) groups is 1.